The SMILES string of the molecule is CC/C(=C/c1ccc([N+](=O)[O-])s1)CNCC(C)C. The number of hydrogen-bond donors (Lipinski definition) is 1. The van der Waals surface area contributed by atoms with Crippen LogP contribution in [0.2, 0.25) is 0 Å². The second-order valence-electron chi connectivity index (χ2n) is 4.61. The van der Waals surface area contributed by atoms with E-state index in [1.165, 1.54) is 16.9 Å². The van der Waals surface area contributed by atoms with Gasteiger partial charge in [0, 0.05) is 17.5 Å². The fraction of sp³-hybridized carbons (Fsp3) is 0.538. The van der Waals surface area contributed by atoms with E-state index >= 15 is 0 Å². The van der Waals surface area contributed by atoms with Crippen molar-refractivity contribution < 1.29 is 4.92 Å². The first-order chi connectivity index (χ1) is 8.52. The lowest BCUT2D eigenvalue weighted by Crippen LogP contribution is -2.21. The number of thiophene rings is 1. The van der Waals surface area contributed by atoms with Crippen molar-refractivity contribution in [3.63, 3.8) is 0 Å². The smallest absolute Gasteiger partial charge is 0.313 e. The summed E-state index contributed by atoms with van der Waals surface area (Å²) in [6.07, 6.45) is 3.00. The van der Waals surface area contributed by atoms with E-state index in [1.54, 1.807) is 12.1 Å². The van der Waals surface area contributed by atoms with Crippen LogP contribution in [0.1, 0.15) is 32.1 Å². The molecule has 1 heterocycles. The Hall–Kier alpha value is -1.20. The predicted molar refractivity (Wildman–Crippen MR) is 76.9 cm³/mol. The highest BCUT2D eigenvalue weighted by molar-refractivity contribution is 7.16. The molecule has 0 aromatic carbocycles. The molecule has 18 heavy (non-hydrogen) atoms. The van der Waals surface area contributed by atoms with E-state index in [9.17, 15) is 10.1 Å². The van der Waals surface area contributed by atoms with Crippen LogP contribution in [0.25, 0.3) is 6.08 Å². The molecule has 0 saturated heterocycles. The molecular formula is C13H20N2O2S. The molecule has 0 aliphatic heterocycles. The first-order valence-electron chi connectivity index (χ1n) is 6.17. The Morgan fingerprint density at radius 3 is 2.78 bits per heavy atom. The van der Waals surface area contributed by atoms with Gasteiger partial charge in [0.15, 0.2) is 0 Å². The second kappa shape index (κ2) is 7.28. The van der Waals surface area contributed by atoms with Gasteiger partial charge in [-0.15, -0.1) is 0 Å². The molecular weight excluding hydrogens is 248 g/mol. The maximum absolute atomic E-state index is 10.6. The topological polar surface area (TPSA) is 55.2 Å². The molecule has 0 atom stereocenters. The molecule has 5 heteroatoms. The van der Waals surface area contributed by atoms with Crippen molar-refractivity contribution in [3.8, 4) is 0 Å². The molecule has 100 valence electrons. The van der Waals surface area contributed by atoms with E-state index in [1.807, 2.05) is 6.08 Å². The van der Waals surface area contributed by atoms with E-state index in [4.69, 9.17) is 0 Å². The van der Waals surface area contributed by atoms with Crippen LogP contribution in [0.15, 0.2) is 17.7 Å². The standard InChI is InChI=1S/C13H20N2O2S/c1-4-11(9-14-8-10(2)3)7-12-5-6-13(18-12)15(16)17/h5-7,10,14H,4,8-9H2,1-3H3/b11-7-. The Morgan fingerprint density at radius 2 is 2.28 bits per heavy atom. The zero-order chi connectivity index (χ0) is 13.5. The molecule has 0 spiro atoms. The Morgan fingerprint density at radius 1 is 1.56 bits per heavy atom. The molecule has 0 aliphatic rings. The van der Waals surface area contributed by atoms with Crippen LogP contribution in [0, 0.1) is 16.0 Å². The van der Waals surface area contributed by atoms with Gasteiger partial charge in [-0.25, -0.2) is 0 Å². The first-order valence-corrected chi connectivity index (χ1v) is 6.99. The van der Waals surface area contributed by atoms with Crippen molar-refractivity contribution >= 4 is 22.4 Å². The van der Waals surface area contributed by atoms with Gasteiger partial charge < -0.3 is 5.32 Å². The van der Waals surface area contributed by atoms with Gasteiger partial charge in [0.1, 0.15) is 0 Å². The molecule has 0 saturated carbocycles. The van der Waals surface area contributed by atoms with Crippen LogP contribution in [0.4, 0.5) is 5.00 Å². The van der Waals surface area contributed by atoms with Crippen LogP contribution in [0.3, 0.4) is 0 Å². The predicted octanol–water partition coefficient (Wildman–Crippen LogP) is 3.70. The number of nitrogens with one attached hydrogen (secondary N) is 1. The minimum Gasteiger partial charge on any atom is -0.313 e. The fourth-order valence-electron chi connectivity index (χ4n) is 1.52. The molecule has 0 radical (unpaired) electrons. The van der Waals surface area contributed by atoms with Crippen molar-refractivity contribution in [1.29, 1.82) is 0 Å². The molecule has 4 nitrogen and oxygen atoms in total. The van der Waals surface area contributed by atoms with E-state index in [0.717, 1.165) is 24.4 Å². The Bertz CT molecular complexity index is 424. The molecule has 0 amide bonds. The van der Waals surface area contributed by atoms with Gasteiger partial charge in [-0.2, -0.15) is 0 Å². The van der Waals surface area contributed by atoms with Gasteiger partial charge in [0.05, 0.1) is 4.92 Å². The Labute approximate surface area is 112 Å². The first kappa shape index (κ1) is 14.9. The van der Waals surface area contributed by atoms with Gasteiger partial charge in [-0.05, 0) is 31.0 Å². The van der Waals surface area contributed by atoms with Gasteiger partial charge in [0.25, 0.3) is 0 Å². The highest BCUT2D eigenvalue weighted by Crippen LogP contribution is 2.26. The highest BCUT2D eigenvalue weighted by atomic mass is 32.1. The molecule has 0 aliphatic carbocycles. The lowest BCUT2D eigenvalue weighted by molar-refractivity contribution is -0.380. The van der Waals surface area contributed by atoms with Crippen molar-refractivity contribution in [2.24, 2.45) is 5.92 Å². The van der Waals surface area contributed by atoms with E-state index in [-0.39, 0.29) is 9.92 Å². The monoisotopic (exact) mass is 268 g/mol. The third-order valence-corrected chi connectivity index (χ3v) is 3.48. The molecule has 1 N–H and O–H groups in total. The summed E-state index contributed by atoms with van der Waals surface area (Å²) in [6, 6.07) is 3.37. The number of nitro groups is 1. The van der Waals surface area contributed by atoms with Crippen molar-refractivity contribution in [2.75, 3.05) is 13.1 Å². The average Bonchev–Trinajstić information content (AvgIpc) is 2.76. The minimum atomic E-state index is -0.343. The van der Waals surface area contributed by atoms with Crippen LogP contribution < -0.4 is 5.32 Å². The van der Waals surface area contributed by atoms with Crippen LogP contribution in [-0.2, 0) is 0 Å². The maximum Gasteiger partial charge on any atom is 0.324 e. The number of rotatable bonds is 7. The van der Waals surface area contributed by atoms with Crippen molar-refractivity contribution in [3.05, 3.63) is 32.7 Å². The van der Waals surface area contributed by atoms with Gasteiger partial charge in [-0.1, -0.05) is 37.7 Å². The van der Waals surface area contributed by atoms with Crippen LogP contribution >= 0.6 is 11.3 Å². The van der Waals surface area contributed by atoms with Gasteiger partial charge >= 0.3 is 5.00 Å². The fourth-order valence-corrected chi connectivity index (χ4v) is 2.33. The summed E-state index contributed by atoms with van der Waals surface area (Å²) >= 11 is 1.22. The molecule has 0 unspecified atom stereocenters. The minimum absolute atomic E-state index is 0.201. The van der Waals surface area contributed by atoms with Crippen molar-refractivity contribution in [1.82, 2.24) is 5.32 Å². The summed E-state index contributed by atoms with van der Waals surface area (Å²) in [5.41, 5.74) is 1.27. The lowest BCUT2D eigenvalue weighted by Gasteiger charge is -2.09. The second-order valence-corrected chi connectivity index (χ2v) is 5.71. The zero-order valence-electron chi connectivity index (χ0n) is 11.1. The van der Waals surface area contributed by atoms with Gasteiger partial charge in [-0.3, -0.25) is 10.1 Å². The Balaban J connectivity index is 2.62. The average molecular weight is 268 g/mol. The summed E-state index contributed by atoms with van der Waals surface area (Å²) in [7, 11) is 0. The third kappa shape index (κ3) is 4.98. The van der Waals surface area contributed by atoms with E-state index in [0.29, 0.717) is 5.92 Å². The Kier molecular flexibility index (Phi) is 6.01. The highest BCUT2D eigenvalue weighted by Gasteiger charge is 2.08. The molecule has 0 bridgehead atoms. The molecule has 1 rings (SSSR count). The summed E-state index contributed by atoms with van der Waals surface area (Å²) in [5.74, 6) is 0.630. The maximum atomic E-state index is 10.6. The van der Waals surface area contributed by atoms with Crippen LogP contribution in [-0.4, -0.2) is 18.0 Å². The quantitative estimate of drug-likeness (QED) is 0.606. The molecule has 1 aromatic heterocycles. The largest absolute Gasteiger partial charge is 0.324 e. The normalized spacial score (nSPS) is 12.1. The van der Waals surface area contributed by atoms with E-state index in [2.05, 4.69) is 26.1 Å². The number of nitrogens with zero attached hydrogens (tertiary/aromatic N) is 1. The third-order valence-electron chi connectivity index (χ3n) is 2.50. The van der Waals surface area contributed by atoms with Gasteiger partial charge in [0.2, 0.25) is 0 Å². The molecule has 1 aromatic rings. The number of hydrogen-bond acceptors (Lipinski definition) is 4. The molecule has 0 fully saturated rings. The summed E-state index contributed by atoms with van der Waals surface area (Å²) in [6.45, 7) is 8.28. The summed E-state index contributed by atoms with van der Waals surface area (Å²) in [4.78, 5) is 11.2. The summed E-state index contributed by atoms with van der Waals surface area (Å²) in [5, 5.41) is 14.2. The lowest BCUT2D eigenvalue weighted by atomic mass is 10.1. The van der Waals surface area contributed by atoms with Crippen molar-refractivity contribution in [2.45, 2.75) is 27.2 Å². The van der Waals surface area contributed by atoms with Crippen LogP contribution in [0.5, 0.6) is 0 Å². The summed E-state index contributed by atoms with van der Waals surface area (Å²) < 4.78 is 0. The zero-order valence-corrected chi connectivity index (χ0v) is 11.9. The van der Waals surface area contributed by atoms with E-state index < -0.39 is 0 Å².